The van der Waals surface area contributed by atoms with E-state index in [1.807, 2.05) is 36.9 Å². The Hall–Kier alpha value is -2.78. The molecule has 3 amide bonds. The summed E-state index contributed by atoms with van der Waals surface area (Å²) < 4.78 is 5.33. The summed E-state index contributed by atoms with van der Waals surface area (Å²) in [4.78, 5) is 43.9. The lowest BCUT2D eigenvalue weighted by molar-refractivity contribution is -0.138. The Labute approximate surface area is 188 Å². The monoisotopic (exact) mass is 441 g/mol. The zero-order valence-electron chi connectivity index (χ0n) is 18.9. The molecule has 9 nitrogen and oxygen atoms in total. The van der Waals surface area contributed by atoms with Gasteiger partial charge >= 0.3 is 0 Å². The number of nitrogens with zero attached hydrogens (tertiary/aromatic N) is 5. The number of rotatable bonds is 4. The van der Waals surface area contributed by atoms with E-state index in [0.717, 1.165) is 29.9 Å². The molecule has 32 heavy (non-hydrogen) atoms. The first-order chi connectivity index (χ1) is 15.4. The quantitative estimate of drug-likeness (QED) is 0.690. The van der Waals surface area contributed by atoms with Crippen molar-refractivity contribution in [3.05, 3.63) is 29.3 Å². The van der Waals surface area contributed by atoms with E-state index in [4.69, 9.17) is 4.74 Å². The van der Waals surface area contributed by atoms with Crippen LogP contribution in [0.3, 0.4) is 0 Å². The lowest BCUT2D eigenvalue weighted by Gasteiger charge is -2.37. The summed E-state index contributed by atoms with van der Waals surface area (Å²) in [5, 5.41) is 5.83. The number of hydrazone groups is 1. The number of hydrogen-bond acceptors (Lipinski definition) is 6. The second-order valence-electron chi connectivity index (χ2n) is 8.60. The van der Waals surface area contributed by atoms with E-state index < -0.39 is 0 Å². The normalized spacial score (nSPS) is 20.4. The van der Waals surface area contributed by atoms with Crippen molar-refractivity contribution in [2.45, 2.75) is 26.7 Å². The minimum Gasteiger partial charge on any atom is -0.379 e. The smallest absolute Gasteiger partial charge is 0.270 e. The van der Waals surface area contributed by atoms with Crippen molar-refractivity contribution in [2.75, 3.05) is 64.0 Å². The molecule has 3 aliphatic rings. The van der Waals surface area contributed by atoms with E-state index in [9.17, 15) is 14.4 Å². The second-order valence-corrected chi connectivity index (χ2v) is 8.60. The largest absolute Gasteiger partial charge is 0.379 e. The van der Waals surface area contributed by atoms with Gasteiger partial charge in [-0.1, -0.05) is 12.1 Å². The van der Waals surface area contributed by atoms with Gasteiger partial charge in [-0.3, -0.25) is 19.3 Å². The van der Waals surface area contributed by atoms with Crippen molar-refractivity contribution < 1.29 is 19.1 Å². The lowest BCUT2D eigenvalue weighted by Crippen LogP contribution is -2.54. The Bertz CT molecular complexity index is 917. The maximum atomic E-state index is 13.1. The number of carbonyl (C=O) groups excluding carboxylic acids is 3. The first kappa shape index (κ1) is 22.4. The van der Waals surface area contributed by atoms with E-state index in [2.05, 4.69) is 10.0 Å². The van der Waals surface area contributed by atoms with E-state index in [1.54, 1.807) is 4.90 Å². The number of aryl methyl sites for hydroxylation is 2. The van der Waals surface area contributed by atoms with Gasteiger partial charge < -0.3 is 14.5 Å². The van der Waals surface area contributed by atoms with Gasteiger partial charge in [0.1, 0.15) is 5.71 Å². The predicted molar refractivity (Wildman–Crippen MR) is 120 cm³/mol. The Kier molecular flexibility index (Phi) is 6.86. The molecule has 0 aromatic heterocycles. The molecule has 4 rings (SSSR count). The van der Waals surface area contributed by atoms with E-state index in [-0.39, 0.29) is 24.1 Å². The molecule has 0 saturated carbocycles. The fourth-order valence-electron chi connectivity index (χ4n) is 4.24. The Balaban J connectivity index is 1.37. The maximum absolute atomic E-state index is 13.1. The predicted octanol–water partition coefficient (Wildman–Crippen LogP) is 0.789. The topological polar surface area (TPSA) is 85.8 Å². The summed E-state index contributed by atoms with van der Waals surface area (Å²) in [6, 6.07) is 5.86. The van der Waals surface area contributed by atoms with Crippen molar-refractivity contribution in [1.82, 2.24) is 14.7 Å². The highest BCUT2D eigenvalue weighted by Gasteiger charge is 2.31. The molecule has 2 saturated heterocycles. The van der Waals surface area contributed by atoms with Crippen LogP contribution >= 0.6 is 0 Å². The summed E-state index contributed by atoms with van der Waals surface area (Å²) in [6.07, 6.45) is 0.602. The van der Waals surface area contributed by atoms with Gasteiger partial charge in [0.25, 0.3) is 5.91 Å². The van der Waals surface area contributed by atoms with Gasteiger partial charge in [-0.05, 0) is 31.0 Å². The molecule has 0 bridgehead atoms. The van der Waals surface area contributed by atoms with Crippen molar-refractivity contribution >= 4 is 29.1 Å². The van der Waals surface area contributed by atoms with Gasteiger partial charge in [0, 0.05) is 52.1 Å². The summed E-state index contributed by atoms with van der Waals surface area (Å²) >= 11 is 0. The van der Waals surface area contributed by atoms with Crippen LogP contribution < -0.4 is 5.01 Å². The molecule has 0 aliphatic carbocycles. The molecule has 172 valence electrons. The molecule has 0 atom stereocenters. The van der Waals surface area contributed by atoms with Crippen LogP contribution in [-0.2, 0) is 19.1 Å². The minimum absolute atomic E-state index is 0.0979. The summed E-state index contributed by atoms with van der Waals surface area (Å²) in [5.41, 5.74) is 3.09. The number of amides is 3. The van der Waals surface area contributed by atoms with Crippen molar-refractivity contribution in [1.29, 1.82) is 0 Å². The Morgan fingerprint density at radius 2 is 1.66 bits per heavy atom. The number of anilines is 1. The van der Waals surface area contributed by atoms with Crippen LogP contribution in [0.1, 0.15) is 24.0 Å². The van der Waals surface area contributed by atoms with Gasteiger partial charge in [-0.15, -0.1) is 0 Å². The molecule has 1 aromatic carbocycles. The number of benzene rings is 1. The number of piperazine rings is 1. The van der Waals surface area contributed by atoms with Crippen LogP contribution in [0.2, 0.25) is 0 Å². The fourth-order valence-corrected chi connectivity index (χ4v) is 4.24. The highest BCUT2D eigenvalue weighted by molar-refractivity contribution is 6.40. The molecule has 3 aliphatic heterocycles. The maximum Gasteiger partial charge on any atom is 0.270 e. The Morgan fingerprint density at radius 3 is 2.38 bits per heavy atom. The van der Waals surface area contributed by atoms with Gasteiger partial charge in [0.05, 0.1) is 25.4 Å². The molecule has 1 aromatic rings. The zero-order valence-corrected chi connectivity index (χ0v) is 18.9. The molecule has 2 fully saturated rings. The minimum atomic E-state index is -0.145. The van der Waals surface area contributed by atoms with Gasteiger partial charge in [0.15, 0.2) is 0 Å². The number of ether oxygens (including phenoxy) is 1. The zero-order chi connectivity index (χ0) is 22.7. The highest BCUT2D eigenvalue weighted by Crippen LogP contribution is 2.26. The second kappa shape index (κ2) is 9.79. The van der Waals surface area contributed by atoms with Crippen LogP contribution in [0.4, 0.5) is 5.69 Å². The molecular formula is C23H31N5O4. The number of morpholine rings is 1. The average molecular weight is 442 g/mol. The van der Waals surface area contributed by atoms with Crippen molar-refractivity contribution in [3.63, 3.8) is 0 Å². The summed E-state index contributed by atoms with van der Waals surface area (Å²) in [5.74, 6) is -0.150. The molecule has 0 N–H and O–H groups in total. The SMILES string of the molecule is Cc1ccc(C)c(N2N=C(C(=O)N3CCN(C(=O)CN4CCOCC4)CC3)CCC2=O)c1. The first-order valence-corrected chi connectivity index (χ1v) is 11.3. The fraction of sp³-hybridized carbons (Fsp3) is 0.565. The number of carbonyl (C=O) groups is 3. The molecule has 0 radical (unpaired) electrons. The molecule has 9 heteroatoms. The average Bonchev–Trinajstić information content (AvgIpc) is 2.81. The van der Waals surface area contributed by atoms with Crippen LogP contribution in [0.5, 0.6) is 0 Å². The Morgan fingerprint density at radius 1 is 0.969 bits per heavy atom. The third-order valence-electron chi connectivity index (χ3n) is 6.25. The van der Waals surface area contributed by atoms with Gasteiger partial charge in [-0.25, -0.2) is 5.01 Å². The summed E-state index contributed by atoms with van der Waals surface area (Å²) in [6.45, 7) is 9.17. The van der Waals surface area contributed by atoms with Crippen LogP contribution in [-0.4, -0.2) is 97.2 Å². The van der Waals surface area contributed by atoms with Crippen molar-refractivity contribution in [2.24, 2.45) is 5.10 Å². The van der Waals surface area contributed by atoms with Crippen LogP contribution in [0.15, 0.2) is 23.3 Å². The van der Waals surface area contributed by atoms with Gasteiger partial charge in [-0.2, -0.15) is 5.10 Å². The third kappa shape index (κ3) is 4.99. The van der Waals surface area contributed by atoms with Crippen molar-refractivity contribution in [3.8, 4) is 0 Å². The molecule has 0 unspecified atom stereocenters. The first-order valence-electron chi connectivity index (χ1n) is 11.3. The molecule has 3 heterocycles. The van der Waals surface area contributed by atoms with Crippen LogP contribution in [0, 0.1) is 13.8 Å². The summed E-state index contributed by atoms with van der Waals surface area (Å²) in [7, 11) is 0. The third-order valence-corrected chi connectivity index (χ3v) is 6.25. The van der Waals surface area contributed by atoms with Gasteiger partial charge in [0.2, 0.25) is 11.8 Å². The van der Waals surface area contributed by atoms with E-state index in [1.165, 1.54) is 5.01 Å². The standard InChI is InChI=1S/C23H31N5O4/c1-17-3-4-18(2)20(15-17)28-21(29)6-5-19(24-28)23(31)27-9-7-26(8-10-27)22(30)16-25-11-13-32-14-12-25/h3-4,15H,5-14,16H2,1-2H3. The van der Waals surface area contributed by atoms with E-state index in [0.29, 0.717) is 58.1 Å². The molecule has 0 spiro atoms. The number of hydrogen-bond donors (Lipinski definition) is 0. The highest BCUT2D eigenvalue weighted by atomic mass is 16.5. The van der Waals surface area contributed by atoms with E-state index >= 15 is 0 Å². The van der Waals surface area contributed by atoms with Crippen LogP contribution in [0.25, 0.3) is 0 Å². The molecular weight excluding hydrogens is 410 g/mol. The lowest BCUT2D eigenvalue weighted by atomic mass is 10.1.